The molecule has 1 aromatic carbocycles. The largest absolute Gasteiger partial charge is 0.374 e. The molecule has 4 nitrogen and oxygen atoms in total. The Hall–Kier alpha value is -2.28. The summed E-state index contributed by atoms with van der Waals surface area (Å²) in [5, 5.41) is 16.8. The second-order valence-corrected chi connectivity index (χ2v) is 4.49. The molecule has 1 aromatic heterocycles. The van der Waals surface area contributed by atoms with Crippen molar-refractivity contribution in [1.82, 2.24) is 9.78 Å². The molecule has 2 aromatic rings. The standard InChI is InChI=1S/C15H18N4/c1-3-13-15(11-19(2)18-13)17-14(9-10-16)12-7-5-4-6-8-12/h4-8,11,14,17H,3,9H2,1-2H3. The van der Waals surface area contributed by atoms with Crippen molar-refractivity contribution in [3.8, 4) is 6.07 Å². The average molecular weight is 254 g/mol. The van der Waals surface area contributed by atoms with Crippen LogP contribution >= 0.6 is 0 Å². The highest BCUT2D eigenvalue weighted by Gasteiger charge is 2.14. The van der Waals surface area contributed by atoms with Gasteiger partial charge in [0.25, 0.3) is 0 Å². The van der Waals surface area contributed by atoms with Gasteiger partial charge in [0.1, 0.15) is 0 Å². The summed E-state index contributed by atoms with van der Waals surface area (Å²) in [5.74, 6) is 0. The Morgan fingerprint density at radius 2 is 2.11 bits per heavy atom. The Labute approximate surface area is 113 Å². The summed E-state index contributed by atoms with van der Waals surface area (Å²) in [7, 11) is 1.91. The molecule has 0 aliphatic carbocycles. The van der Waals surface area contributed by atoms with Crippen LogP contribution in [0.25, 0.3) is 0 Å². The second-order valence-electron chi connectivity index (χ2n) is 4.49. The minimum Gasteiger partial charge on any atom is -0.374 e. The zero-order chi connectivity index (χ0) is 13.7. The maximum atomic E-state index is 9.00. The number of hydrogen-bond donors (Lipinski definition) is 1. The quantitative estimate of drug-likeness (QED) is 0.892. The first kappa shape index (κ1) is 13.2. The molecule has 0 aliphatic heterocycles. The third-order valence-electron chi connectivity index (χ3n) is 3.07. The van der Waals surface area contributed by atoms with Gasteiger partial charge < -0.3 is 5.32 Å². The van der Waals surface area contributed by atoms with E-state index in [-0.39, 0.29) is 6.04 Å². The normalized spacial score (nSPS) is 11.8. The summed E-state index contributed by atoms with van der Waals surface area (Å²) >= 11 is 0. The molecule has 1 unspecified atom stereocenters. The van der Waals surface area contributed by atoms with Crippen molar-refractivity contribution in [2.45, 2.75) is 25.8 Å². The summed E-state index contributed by atoms with van der Waals surface area (Å²) in [4.78, 5) is 0. The summed E-state index contributed by atoms with van der Waals surface area (Å²) in [6, 6.07) is 12.3. The fraction of sp³-hybridized carbons (Fsp3) is 0.333. The highest BCUT2D eigenvalue weighted by Crippen LogP contribution is 2.24. The summed E-state index contributed by atoms with van der Waals surface area (Å²) in [6.07, 6.45) is 3.27. The van der Waals surface area contributed by atoms with Crippen LogP contribution in [0.15, 0.2) is 36.5 Å². The lowest BCUT2D eigenvalue weighted by Gasteiger charge is -2.17. The molecule has 0 spiro atoms. The number of nitriles is 1. The lowest BCUT2D eigenvalue weighted by atomic mass is 10.0. The molecular weight excluding hydrogens is 236 g/mol. The molecule has 4 heteroatoms. The van der Waals surface area contributed by atoms with Crippen molar-refractivity contribution in [1.29, 1.82) is 5.26 Å². The Bertz CT molecular complexity index is 566. The van der Waals surface area contributed by atoms with Crippen LogP contribution in [0.2, 0.25) is 0 Å². The van der Waals surface area contributed by atoms with Gasteiger partial charge in [-0.05, 0) is 12.0 Å². The molecule has 0 bridgehead atoms. The Morgan fingerprint density at radius 3 is 2.74 bits per heavy atom. The van der Waals surface area contributed by atoms with Gasteiger partial charge in [-0.1, -0.05) is 37.3 Å². The molecule has 0 amide bonds. The maximum Gasteiger partial charge on any atom is 0.0853 e. The molecule has 0 saturated heterocycles. The number of rotatable bonds is 5. The molecule has 1 atom stereocenters. The molecular formula is C15H18N4. The summed E-state index contributed by atoms with van der Waals surface area (Å²) < 4.78 is 1.80. The minimum absolute atomic E-state index is 0.000648. The van der Waals surface area contributed by atoms with E-state index >= 15 is 0 Å². The van der Waals surface area contributed by atoms with Crippen LogP contribution in [-0.2, 0) is 13.5 Å². The summed E-state index contributed by atoms with van der Waals surface area (Å²) in [5.41, 5.74) is 3.16. The fourth-order valence-electron chi connectivity index (χ4n) is 2.13. The summed E-state index contributed by atoms with van der Waals surface area (Å²) in [6.45, 7) is 2.08. The van der Waals surface area contributed by atoms with E-state index in [4.69, 9.17) is 5.26 Å². The van der Waals surface area contributed by atoms with E-state index < -0.39 is 0 Å². The first-order valence-corrected chi connectivity index (χ1v) is 6.45. The molecule has 98 valence electrons. The molecule has 0 fully saturated rings. The molecule has 0 radical (unpaired) electrons. The minimum atomic E-state index is 0.000648. The molecule has 1 N–H and O–H groups in total. The lowest BCUT2D eigenvalue weighted by Crippen LogP contribution is -2.10. The number of aromatic nitrogens is 2. The SMILES string of the molecule is CCc1nn(C)cc1NC(CC#N)c1ccccc1. The molecule has 0 aliphatic rings. The zero-order valence-corrected chi connectivity index (χ0v) is 11.3. The van der Waals surface area contributed by atoms with Gasteiger partial charge in [0.15, 0.2) is 0 Å². The monoisotopic (exact) mass is 254 g/mol. The zero-order valence-electron chi connectivity index (χ0n) is 11.3. The van der Waals surface area contributed by atoms with Crippen LogP contribution in [-0.4, -0.2) is 9.78 Å². The Kier molecular flexibility index (Phi) is 4.19. The first-order chi connectivity index (χ1) is 9.24. The van der Waals surface area contributed by atoms with Crippen molar-refractivity contribution in [2.24, 2.45) is 7.05 Å². The highest BCUT2D eigenvalue weighted by atomic mass is 15.3. The van der Waals surface area contributed by atoms with Crippen molar-refractivity contribution in [3.05, 3.63) is 47.8 Å². The van der Waals surface area contributed by atoms with Gasteiger partial charge in [0.2, 0.25) is 0 Å². The van der Waals surface area contributed by atoms with Crippen LogP contribution < -0.4 is 5.32 Å². The van der Waals surface area contributed by atoms with Crippen LogP contribution in [0.4, 0.5) is 5.69 Å². The van der Waals surface area contributed by atoms with Gasteiger partial charge in [0.05, 0.1) is 29.9 Å². The van der Waals surface area contributed by atoms with E-state index in [0.717, 1.165) is 23.4 Å². The third kappa shape index (κ3) is 3.14. The number of benzene rings is 1. The number of aryl methyl sites for hydroxylation is 2. The van der Waals surface area contributed by atoms with Gasteiger partial charge in [-0.25, -0.2) is 0 Å². The van der Waals surface area contributed by atoms with Crippen molar-refractivity contribution < 1.29 is 0 Å². The van der Waals surface area contributed by atoms with Crippen LogP contribution in [0.3, 0.4) is 0 Å². The van der Waals surface area contributed by atoms with Gasteiger partial charge >= 0.3 is 0 Å². The van der Waals surface area contributed by atoms with E-state index in [9.17, 15) is 0 Å². The van der Waals surface area contributed by atoms with E-state index in [1.807, 2.05) is 43.6 Å². The molecule has 2 rings (SSSR count). The number of anilines is 1. The van der Waals surface area contributed by atoms with Crippen molar-refractivity contribution >= 4 is 5.69 Å². The van der Waals surface area contributed by atoms with Gasteiger partial charge in [-0.2, -0.15) is 10.4 Å². The van der Waals surface area contributed by atoms with Crippen molar-refractivity contribution in [2.75, 3.05) is 5.32 Å². The number of hydrogen-bond acceptors (Lipinski definition) is 3. The first-order valence-electron chi connectivity index (χ1n) is 6.45. The average Bonchev–Trinajstić information content (AvgIpc) is 2.79. The topological polar surface area (TPSA) is 53.6 Å². The Morgan fingerprint density at radius 1 is 1.37 bits per heavy atom. The van der Waals surface area contributed by atoms with E-state index in [1.54, 1.807) is 4.68 Å². The third-order valence-corrected chi connectivity index (χ3v) is 3.07. The fourth-order valence-corrected chi connectivity index (χ4v) is 2.13. The van der Waals surface area contributed by atoms with Crippen LogP contribution in [0.5, 0.6) is 0 Å². The van der Waals surface area contributed by atoms with Crippen LogP contribution in [0, 0.1) is 11.3 Å². The van der Waals surface area contributed by atoms with Crippen molar-refractivity contribution in [3.63, 3.8) is 0 Å². The lowest BCUT2D eigenvalue weighted by molar-refractivity contribution is 0.746. The van der Waals surface area contributed by atoms with Gasteiger partial charge in [-0.15, -0.1) is 0 Å². The second kappa shape index (κ2) is 6.05. The maximum absolute atomic E-state index is 9.00. The van der Waals surface area contributed by atoms with Gasteiger partial charge in [0, 0.05) is 13.2 Å². The van der Waals surface area contributed by atoms with Crippen LogP contribution in [0.1, 0.15) is 30.6 Å². The number of nitrogens with one attached hydrogen (secondary N) is 1. The number of nitrogens with zero attached hydrogens (tertiary/aromatic N) is 3. The smallest absolute Gasteiger partial charge is 0.0853 e. The molecule has 1 heterocycles. The van der Waals surface area contributed by atoms with E-state index in [2.05, 4.69) is 23.4 Å². The predicted octanol–water partition coefficient (Wildman–Crippen LogP) is 3.05. The molecule has 19 heavy (non-hydrogen) atoms. The molecule has 0 saturated carbocycles. The van der Waals surface area contributed by atoms with E-state index in [1.165, 1.54) is 0 Å². The highest BCUT2D eigenvalue weighted by molar-refractivity contribution is 5.48. The van der Waals surface area contributed by atoms with E-state index in [0.29, 0.717) is 6.42 Å². The predicted molar refractivity (Wildman–Crippen MR) is 75.6 cm³/mol. The Balaban J connectivity index is 2.24. The van der Waals surface area contributed by atoms with Gasteiger partial charge in [-0.3, -0.25) is 4.68 Å².